The Morgan fingerprint density at radius 3 is 2.81 bits per heavy atom. The summed E-state index contributed by atoms with van der Waals surface area (Å²) in [6.07, 6.45) is 2.70. The molecule has 2 bridgehead atoms. The molecule has 4 atom stereocenters. The topological polar surface area (TPSA) is 85.1 Å². The summed E-state index contributed by atoms with van der Waals surface area (Å²) in [6, 6.07) is 16.8. The first-order chi connectivity index (χ1) is 15.7. The highest BCUT2D eigenvalue weighted by molar-refractivity contribution is 5.80. The molecule has 0 unspecified atom stereocenters. The molecule has 2 saturated heterocycles. The molecule has 162 valence electrons. The first-order valence-electron chi connectivity index (χ1n) is 10.8. The number of aromatic hydroxyl groups is 1. The van der Waals surface area contributed by atoms with Crippen molar-refractivity contribution in [3.8, 4) is 28.6 Å². The van der Waals surface area contributed by atoms with Crippen molar-refractivity contribution in [2.75, 3.05) is 0 Å². The van der Waals surface area contributed by atoms with Crippen LogP contribution in [-0.2, 0) is 0 Å². The zero-order valence-corrected chi connectivity index (χ0v) is 17.2. The van der Waals surface area contributed by atoms with Crippen LogP contribution in [0.2, 0.25) is 0 Å². The minimum absolute atomic E-state index is 0.0730. The maximum atomic E-state index is 14.6. The average molecular weight is 431 g/mol. The minimum Gasteiger partial charge on any atom is -0.507 e. The molecule has 0 spiro atoms. The van der Waals surface area contributed by atoms with Gasteiger partial charge in [0.15, 0.2) is 6.17 Å². The maximum absolute atomic E-state index is 14.6. The Balaban J connectivity index is 1.22. The molecule has 2 fully saturated rings. The summed E-state index contributed by atoms with van der Waals surface area (Å²) in [7, 11) is 0. The molecule has 4 aromatic rings. The zero-order chi connectivity index (χ0) is 21.7. The molecule has 7 nitrogen and oxygen atoms in total. The van der Waals surface area contributed by atoms with Gasteiger partial charge in [0.05, 0.1) is 23.1 Å². The van der Waals surface area contributed by atoms with Crippen molar-refractivity contribution in [3.05, 3.63) is 60.8 Å². The van der Waals surface area contributed by atoms with Gasteiger partial charge in [-0.15, -0.1) is 10.2 Å². The van der Waals surface area contributed by atoms with Crippen molar-refractivity contribution in [3.63, 3.8) is 0 Å². The third-order valence-corrected chi connectivity index (χ3v) is 6.42. The highest BCUT2D eigenvalue weighted by Gasteiger charge is 2.43. The van der Waals surface area contributed by atoms with E-state index in [1.165, 1.54) is 0 Å². The van der Waals surface area contributed by atoms with E-state index in [0.717, 1.165) is 29.4 Å². The lowest BCUT2D eigenvalue weighted by molar-refractivity contribution is 0.0422. The summed E-state index contributed by atoms with van der Waals surface area (Å²) in [5.74, 6) is 0.366. The van der Waals surface area contributed by atoms with Crippen molar-refractivity contribution >= 4 is 10.9 Å². The van der Waals surface area contributed by atoms with Gasteiger partial charge in [-0.1, -0.05) is 18.2 Å². The van der Waals surface area contributed by atoms with Crippen LogP contribution in [0.25, 0.3) is 27.8 Å². The standard InChI is InChI=1S/C24H22FN5O2/c25-24-19-8-5-15(27-19)11-22(24)32-23-10-9-18(28-29-23)17-7-6-16(12-21(17)31)30-20-4-2-1-3-14(20)13-26-30/h1-4,6-7,9-10,12-13,15,19,22,24,27,31H,5,8,11H2/t15-,19+,22-,24+/m0/s1. The molecule has 2 N–H and O–H groups in total. The van der Waals surface area contributed by atoms with Crippen LogP contribution in [0, 0.1) is 0 Å². The van der Waals surface area contributed by atoms with Crippen molar-refractivity contribution in [2.24, 2.45) is 0 Å². The van der Waals surface area contributed by atoms with E-state index in [0.29, 0.717) is 29.6 Å². The van der Waals surface area contributed by atoms with Gasteiger partial charge in [0.2, 0.25) is 5.88 Å². The summed E-state index contributed by atoms with van der Waals surface area (Å²) < 4.78 is 22.2. The molecule has 2 aliphatic rings. The molecule has 0 aliphatic carbocycles. The number of para-hydroxylation sites is 1. The first-order valence-corrected chi connectivity index (χ1v) is 10.8. The van der Waals surface area contributed by atoms with Crippen LogP contribution in [0.5, 0.6) is 11.6 Å². The van der Waals surface area contributed by atoms with Crippen molar-refractivity contribution in [1.29, 1.82) is 0 Å². The number of fused-ring (bicyclic) bond motifs is 3. The van der Waals surface area contributed by atoms with Gasteiger partial charge in [-0.2, -0.15) is 5.10 Å². The Morgan fingerprint density at radius 1 is 1.06 bits per heavy atom. The Bertz CT molecular complexity index is 1280. The molecular weight excluding hydrogens is 409 g/mol. The molecule has 2 aliphatic heterocycles. The summed E-state index contributed by atoms with van der Waals surface area (Å²) in [5, 5.41) is 27.7. The monoisotopic (exact) mass is 431 g/mol. The van der Waals surface area contributed by atoms with Crippen molar-refractivity contribution in [2.45, 2.75) is 43.6 Å². The molecule has 32 heavy (non-hydrogen) atoms. The van der Waals surface area contributed by atoms with E-state index in [9.17, 15) is 9.50 Å². The van der Waals surface area contributed by atoms with Crippen molar-refractivity contribution in [1.82, 2.24) is 25.3 Å². The highest BCUT2D eigenvalue weighted by atomic mass is 19.1. The van der Waals surface area contributed by atoms with E-state index in [1.54, 1.807) is 35.1 Å². The second-order valence-electron chi connectivity index (χ2n) is 8.46. The SMILES string of the molecule is Oc1cc(-n2ncc3ccccc32)ccc1-c1ccc(O[C@H]2C[C@@H]3CC[C@@H](N3)[C@H]2F)nn1. The van der Waals surface area contributed by atoms with Gasteiger partial charge in [-0.25, -0.2) is 9.07 Å². The van der Waals surface area contributed by atoms with E-state index in [4.69, 9.17) is 4.74 Å². The molecule has 6 rings (SSSR count). The molecular formula is C24H22FN5O2. The Morgan fingerprint density at radius 2 is 1.97 bits per heavy atom. The summed E-state index contributed by atoms with van der Waals surface area (Å²) in [6.45, 7) is 0. The lowest BCUT2D eigenvalue weighted by atomic mass is 10.0. The number of alkyl halides is 1. The lowest BCUT2D eigenvalue weighted by Crippen LogP contribution is -2.51. The number of benzene rings is 2. The predicted octanol–water partition coefficient (Wildman–Crippen LogP) is 3.80. The Kier molecular flexibility index (Phi) is 4.53. The smallest absolute Gasteiger partial charge is 0.233 e. The van der Waals surface area contributed by atoms with Crippen LogP contribution in [0.15, 0.2) is 60.8 Å². The van der Waals surface area contributed by atoms with Crippen molar-refractivity contribution < 1.29 is 14.2 Å². The van der Waals surface area contributed by atoms with E-state index in [-0.39, 0.29) is 11.8 Å². The van der Waals surface area contributed by atoms with Gasteiger partial charge in [0.25, 0.3) is 0 Å². The van der Waals surface area contributed by atoms with Crippen LogP contribution >= 0.6 is 0 Å². The number of phenolic OH excluding ortho intramolecular Hbond substituents is 1. The molecule has 8 heteroatoms. The number of nitrogens with one attached hydrogen (secondary N) is 1. The number of rotatable bonds is 4. The van der Waals surface area contributed by atoms with Gasteiger partial charge < -0.3 is 15.2 Å². The number of aromatic nitrogens is 4. The lowest BCUT2D eigenvalue weighted by Gasteiger charge is -2.32. The molecule has 4 heterocycles. The summed E-state index contributed by atoms with van der Waals surface area (Å²) >= 11 is 0. The average Bonchev–Trinajstić information content (AvgIpc) is 3.43. The van der Waals surface area contributed by atoms with E-state index < -0.39 is 12.3 Å². The van der Waals surface area contributed by atoms with Crippen LogP contribution in [0.1, 0.15) is 19.3 Å². The van der Waals surface area contributed by atoms with Crippen LogP contribution in [0.3, 0.4) is 0 Å². The number of phenols is 1. The molecule has 2 aromatic carbocycles. The fourth-order valence-electron chi connectivity index (χ4n) is 4.80. The Labute approximate surface area is 183 Å². The molecule has 2 aromatic heterocycles. The van der Waals surface area contributed by atoms with Gasteiger partial charge in [0.1, 0.15) is 11.9 Å². The van der Waals surface area contributed by atoms with E-state index in [1.807, 2.05) is 30.3 Å². The fourth-order valence-corrected chi connectivity index (χ4v) is 4.80. The van der Waals surface area contributed by atoms with Crippen LogP contribution in [0.4, 0.5) is 4.39 Å². The van der Waals surface area contributed by atoms with E-state index >= 15 is 0 Å². The second kappa shape index (κ2) is 7.56. The third kappa shape index (κ3) is 3.27. The Hall–Kier alpha value is -3.52. The normalized spacial score (nSPS) is 24.7. The maximum Gasteiger partial charge on any atom is 0.233 e. The van der Waals surface area contributed by atoms with Gasteiger partial charge in [-0.05, 0) is 37.1 Å². The van der Waals surface area contributed by atoms with E-state index in [2.05, 4.69) is 20.6 Å². The minimum atomic E-state index is -1.05. The molecule has 0 radical (unpaired) electrons. The van der Waals surface area contributed by atoms with Gasteiger partial charge in [-0.3, -0.25) is 0 Å². The second-order valence-corrected chi connectivity index (χ2v) is 8.46. The number of nitrogens with zero attached hydrogens (tertiary/aromatic N) is 4. The zero-order valence-electron chi connectivity index (χ0n) is 17.2. The summed E-state index contributed by atoms with van der Waals surface area (Å²) in [5.41, 5.74) is 2.76. The number of hydrogen-bond acceptors (Lipinski definition) is 6. The quantitative estimate of drug-likeness (QED) is 0.511. The number of halogens is 1. The summed E-state index contributed by atoms with van der Waals surface area (Å²) in [4.78, 5) is 0. The van der Waals surface area contributed by atoms with Gasteiger partial charge >= 0.3 is 0 Å². The number of hydrogen-bond donors (Lipinski definition) is 2. The molecule has 0 amide bonds. The van der Waals surface area contributed by atoms with Gasteiger partial charge in [0, 0.05) is 41.6 Å². The third-order valence-electron chi connectivity index (χ3n) is 6.42. The number of piperidine rings is 1. The first kappa shape index (κ1) is 19.2. The molecule has 0 saturated carbocycles. The van der Waals surface area contributed by atoms with Crippen LogP contribution < -0.4 is 10.1 Å². The largest absolute Gasteiger partial charge is 0.507 e. The predicted molar refractivity (Wildman–Crippen MR) is 118 cm³/mol. The fraction of sp³-hybridized carbons (Fsp3) is 0.292. The highest BCUT2D eigenvalue weighted by Crippen LogP contribution is 2.33. The number of ether oxygens (including phenoxy) is 1. The van der Waals surface area contributed by atoms with Crippen LogP contribution in [-0.4, -0.2) is 49.4 Å².